The number of nitrogens with zero attached hydrogens (tertiary/aromatic N) is 2. The topological polar surface area (TPSA) is 66.0 Å². The summed E-state index contributed by atoms with van der Waals surface area (Å²) in [6.45, 7) is 0. The second-order valence-corrected chi connectivity index (χ2v) is 3.72. The van der Waals surface area contributed by atoms with Crippen LogP contribution >= 0.6 is 11.6 Å². The first-order chi connectivity index (χ1) is 8.15. The standard InChI is InChI=1S/C12H7ClN2O2/c13-9-3-1-2-4-10(9)15-6-5-11(16)8(7-14)12(15)17/h1-6,16H. The fourth-order valence-electron chi connectivity index (χ4n) is 1.47. The van der Waals surface area contributed by atoms with Crippen molar-refractivity contribution in [3.63, 3.8) is 0 Å². The molecule has 1 heterocycles. The third kappa shape index (κ3) is 1.88. The third-order valence-corrected chi connectivity index (χ3v) is 2.61. The van der Waals surface area contributed by atoms with Gasteiger partial charge < -0.3 is 5.11 Å². The molecule has 0 aliphatic carbocycles. The number of para-hydroxylation sites is 1. The lowest BCUT2D eigenvalue weighted by Crippen LogP contribution is -2.20. The summed E-state index contributed by atoms with van der Waals surface area (Å²) in [6, 6.07) is 9.71. The van der Waals surface area contributed by atoms with E-state index in [9.17, 15) is 9.90 Å². The SMILES string of the molecule is N#Cc1c(O)ccn(-c2ccccc2Cl)c1=O. The molecule has 0 aliphatic rings. The van der Waals surface area contributed by atoms with Gasteiger partial charge in [-0.05, 0) is 18.2 Å². The summed E-state index contributed by atoms with van der Waals surface area (Å²) in [5.41, 5.74) is -0.427. The molecule has 2 rings (SSSR count). The molecular formula is C12H7ClN2O2. The number of aromatic hydroxyl groups is 1. The Balaban J connectivity index is 2.76. The molecule has 0 saturated heterocycles. The van der Waals surface area contributed by atoms with Crippen LogP contribution in [0.3, 0.4) is 0 Å². The fraction of sp³-hybridized carbons (Fsp3) is 0. The normalized spacial score (nSPS) is 9.88. The first kappa shape index (κ1) is 11.2. The van der Waals surface area contributed by atoms with Crippen molar-refractivity contribution in [2.75, 3.05) is 0 Å². The Hall–Kier alpha value is -2.25. The molecule has 1 aromatic heterocycles. The molecule has 0 unspecified atom stereocenters. The molecule has 0 spiro atoms. The summed E-state index contributed by atoms with van der Waals surface area (Å²) < 4.78 is 1.22. The molecule has 0 bridgehead atoms. The quantitative estimate of drug-likeness (QED) is 0.838. The molecule has 17 heavy (non-hydrogen) atoms. The molecule has 0 fully saturated rings. The second kappa shape index (κ2) is 4.32. The number of nitriles is 1. The summed E-state index contributed by atoms with van der Waals surface area (Å²) in [6.07, 6.45) is 1.37. The van der Waals surface area contributed by atoms with Crippen molar-refractivity contribution in [3.05, 3.63) is 57.5 Å². The zero-order chi connectivity index (χ0) is 12.4. The first-order valence-corrected chi connectivity index (χ1v) is 5.12. The molecule has 0 radical (unpaired) electrons. The molecule has 0 atom stereocenters. The zero-order valence-corrected chi connectivity index (χ0v) is 9.35. The van der Waals surface area contributed by atoms with Crippen LogP contribution in [-0.2, 0) is 0 Å². The Morgan fingerprint density at radius 3 is 2.65 bits per heavy atom. The van der Waals surface area contributed by atoms with Gasteiger partial charge in [-0.25, -0.2) is 0 Å². The minimum Gasteiger partial charge on any atom is -0.506 e. The predicted octanol–water partition coefficient (Wildman–Crippen LogP) is 2.07. The van der Waals surface area contributed by atoms with Gasteiger partial charge in [0.1, 0.15) is 11.8 Å². The van der Waals surface area contributed by atoms with E-state index >= 15 is 0 Å². The number of rotatable bonds is 1. The van der Waals surface area contributed by atoms with Crippen molar-refractivity contribution in [1.82, 2.24) is 4.57 Å². The average molecular weight is 247 g/mol. The van der Waals surface area contributed by atoms with Gasteiger partial charge in [0.25, 0.3) is 5.56 Å². The molecule has 1 N–H and O–H groups in total. The highest BCUT2D eigenvalue weighted by Crippen LogP contribution is 2.19. The van der Waals surface area contributed by atoms with Gasteiger partial charge in [-0.2, -0.15) is 5.26 Å². The van der Waals surface area contributed by atoms with E-state index in [2.05, 4.69) is 0 Å². The minimum atomic E-state index is -0.597. The highest BCUT2D eigenvalue weighted by atomic mass is 35.5. The Morgan fingerprint density at radius 1 is 1.29 bits per heavy atom. The van der Waals surface area contributed by atoms with E-state index in [1.54, 1.807) is 30.3 Å². The van der Waals surface area contributed by atoms with Gasteiger partial charge in [-0.1, -0.05) is 23.7 Å². The summed E-state index contributed by atoms with van der Waals surface area (Å²) >= 11 is 5.96. The Morgan fingerprint density at radius 2 is 2.00 bits per heavy atom. The van der Waals surface area contributed by atoms with E-state index in [4.69, 9.17) is 16.9 Å². The lowest BCUT2D eigenvalue weighted by Gasteiger charge is -2.08. The third-order valence-electron chi connectivity index (χ3n) is 2.29. The van der Waals surface area contributed by atoms with Crippen molar-refractivity contribution >= 4 is 11.6 Å². The van der Waals surface area contributed by atoms with Crippen molar-refractivity contribution in [1.29, 1.82) is 5.26 Å². The molecular weight excluding hydrogens is 240 g/mol. The maximum absolute atomic E-state index is 11.9. The molecule has 0 aliphatic heterocycles. The van der Waals surface area contributed by atoms with Crippen molar-refractivity contribution < 1.29 is 5.11 Å². The Labute approximate surface area is 102 Å². The summed E-state index contributed by atoms with van der Waals surface area (Å²) in [5.74, 6) is -0.333. The van der Waals surface area contributed by atoms with Crippen LogP contribution in [0.15, 0.2) is 41.3 Å². The fourth-order valence-corrected chi connectivity index (χ4v) is 1.69. The highest BCUT2D eigenvalue weighted by molar-refractivity contribution is 6.32. The molecule has 5 heteroatoms. The lowest BCUT2D eigenvalue weighted by atomic mass is 10.2. The maximum atomic E-state index is 11.9. The van der Waals surface area contributed by atoms with E-state index in [0.29, 0.717) is 10.7 Å². The van der Waals surface area contributed by atoms with Crippen LogP contribution in [0, 0.1) is 11.3 Å². The van der Waals surface area contributed by atoms with Crippen molar-refractivity contribution in [2.45, 2.75) is 0 Å². The van der Waals surface area contributed by atoms with Crippen LogP contribution in [0.1, 0.15) is 5.56 Å². The Kier molecular flexibility index (Phi) is 2.86. The number of halogens is 1. The zero-order valence-electron chi connectivity index (χ0n) is 8.59. The van der Waals surface area contributed by atoms with E-state index in [1.165, 1.54) is 16.8 Å². The monoisotopic (exact) mass is 246 g/mol. The average Bonchev–Trinajstić information content (AvgIpc) is 2.31. The molecule has 4 nitrogen and oxygen atoms in total. The molecule has 0 saturated carbocycles. The highest BCUT2D eigenvalue weighted by Gasteiger charge is 2.11. The van der Waals surface area contributed by atoms with Crippen LogP contribution in [0.25, 0.3) is 5.69 Å². The second-order valence-electron chi connectivity index (χ2n) is 3.31. The van der Waals surface area contributed by atoms with Crippen LogP contribution in [0.4, 0.5) is 0 Å². The molecule has 84 valence electrons. The number of pyridine rings is 1. The number of aromatic nitrogens is 1. The van der Waals surface area contributed by atoms with Crippen molar-refractivity contribution in [2.24, 2.45) is 0 Å². The van der Waals surface area contributed by atoms with Crippen molar-refractivity contribution in [3.8, 4) is 17.5 Å². The number of hydrogen-bond acceptors (Lipinski definition) is 3. The smallest absolute Gasteiger partial charge is 0.276 e. The summed E-state index contributed by atoms with van der Waals surface area (Å²) in [5, 5.41) is 18.5. The van der Waals surface area contributed by atoms with Crippen LogP contribution < -0.4 is 5.56 Å². The van der Waals surface area contributed by atoms with Crippen LogP contribution in [0.2, 0.25) is 5.02 Å². The van der Waals surface area contributed by atoms with Gasteiger partial charge in [0.05, 0.1) is 10.7 Å². The van der Waals surface area contributed by atoms with Gasteiger partial charge in [-0.3, -0.25) is 9.36 Å². The van der Waals surface area contributed by atoms with E-state index in [0.717, 1.165) is 0 Å². The lowest BCUT2D eigenvalue weighted by molar-refractivity contribution is 0.471. The van der Waals surface area contributed by atoms with E-state index < -0.39 is 5.56 Å². The maximum Gasteiger partial charge on any atom is 0.276 e. The summed E-state index contributed by atoms with van der Waals surface area (Å²) in [4.78, 5) is 11.9. The predicted molar refractivity (Wildman–Crippen MR) is 63.4 cm³/mol. The molecule has 2 aromatic rings. The molecule has 0 amide bonds. The number of benzene rings is 1. The van der Waals surface area contributed by atoms with Crippen LogP contribution in [-0.4, -0.2) is 9.67 Å². The molecule has 1 aromatic carbocycles. The van der Waals surface area contributed by atoms with Gasteiger partial charge in [0, 0.05) is 6.20 Å². The van der Waals surface area contributed by atoms with E-state index in [-0.39, 0.29) is 11.3 Å². The van der Waals surface area contributed by atoms with Gasteiger partial charge in [-0.15, -0.1) is 0 Å². The van der Waals surface area contributed by atoms with Gasteiger partial charge >= 0.3 is 0 Å². The number of hydrogen-bond donors (Lipinski definition) is 1. The first-order valence-electron chi connectivity index (χ1n) is 4.75. The van der Waals surface area contributed by atoms with Gasteiger partial charge in [0.15, 0.2) is 5.56 Å². The van der Waals surface area contributed by atoms with Crippen LogP contribution in [0.5, 0.6) is 5.75 Å². The Bertz CT molecular complexity index is 671. The van der Waals surface area contributed by atoms with E-state index in [1.807, 2.05) is 0 Å². The largest absolute Gasteiger partial charge is 0.506 e. The minimum absolute atomic E-state index is 0.299. The summed E-state index contributed by atoms with van der Waals surface area (Å²) in [7, 11) is 0. The van der Waals surface area contributed by atoms with Gasteiger partial charge in [0.2, 0.25) is 0 Å².